The Balaban J connectivity index is 1.30. The molecule has 2 aliphatic rings. The summed E-state index contributed by atoms with van der Waals surface area (Å²) >= 11 is 0. The molecule has 0 spiro atoms. The molecule has 6 nitrogen and oxygen atoms in total. The maximum absolute atomic E-state index is 12.1. The van der Waals surface area contributed by atoms with E-state index < -0.39 is 0 Å². The number of rotatable bonds is 5. The van der Waals surface area contributed by atoms with E-state index in [1.807, 2.05) is 42.5 Å². The van der Waals surface area contributed by atoms with Crippen molar-refractivity contribution >= 4 is 17.5 Å². The Kier molecular flexibility index (Phi) is 4.01. The van der Waals surface area contributed by atoms with Gasteiger partial charge in [-0.15, -0.1) is 0 Å². The highest BCUT2D eigenvalue weighted by molar-refractivity contribution is 6.03. The van der Waals surface area contributed by atoms with Crippen LogP contribution < -0.4 is 20.1 Å². The van der Waals surface area contributed by atoms with Gasteiger partial charge in [0.25, 0.3) is 0 Å². The summed E-state index contributed by atoms with van der Waals surface area (Å²) in [5.74, 6) is 1.05. The lowest BCUT2D eigenvalue weighted by Gasteiger charge is -2.09. The third-order valence-electron chi connectivity index (χ3n) is 4.50. The molecule has 0 saturated heterocycles. The Morgan fingerprint density at radius 2 is 2.00 bits per heavy atom. The van der Waals surface area contributed by atoms with E-state index in [1.54, 1.807) is 0 Å². The molecule has 2 aromatic rings. The van der Waals surface area contributed by atoms with E-state index in [-0.39, 0.29) is 24.5 Å². The fourth-order valence-corrected chi connectivity index (χ4v) is 3.18. The minimum atomic E-state index is -0.257. The quantitative estimate of drug-likeness (QED) is 0.878. The van der Waals surface area contributed by atoms with Gasteiger partial charge in [0.15, 0.2) is 11.5 Å². The van der Waals surface area contributed by atoms with Crippen molar-refractivity contribution in [2.24, 2.45) is 0 Å². The molecule has 1 unspecified atom stereocenters. The van der Waals surface area contributed by atoms with Gasteiger partial charge in [-0.25, -0.2) is 0 Å². The summed E-state index contributed by atoms with van der Waals surface area (Å²) in [4.78, 5) is 24.2. The molecule has 0 bridgehead atoms. The lowest BCUT2D eigenvalue weighted by atomic mass is 9.95. The molecule has 25 heavy (non-hydrogen) atoms. The van der Waals surface area contributed by atoms with Crippen molar-refractivity contribution in [3.63, 3.8) is 0 Å². The van der Waals surface area contributed by atoms with Gasteiger partial charge in [-0.3, -0.25) is 9.59 Å². The molecule has 0 radical (unpaired) electrons. The summed E-state index contributed by atoms with van der Waals surface area (Å²) in [5.41, 5.74) is 2.76. The highest BCUT2D eigenvalue weighted by atomic mass is 16.7. The zero-order valence-corrected chi connectivity index (χ0v) is 13.6. The molecule has 128 valence electrons. The van der Waals surface area contributed by atoms with Gasteiger partial charge in [0.2, 0.25) is 18.6 Å². The van der Waals surface area contributed by atoms with Gasteiger partial charge in [-0.05, 0) is 35.7 Å². The first kappa shape index (κ1) is 15.5. The Bertz CT molecular complexity index is 834. The van der Waals surface area contributed by atoms with Gasteiger partial charge in [-0.1, -0.05) is 24.3 Å². The second kappa shape index (κ2) is 6.47. The van der Waals surface area contributed by atoms with Crippen LogP contribution in [0.5, 0.6) is 11.5 Å². The van der Waals surface area contributed by atoms with Crippen LogP contribution in [0.1, 0.15) is 29.9 Å². The fourth-order valence-electron chi connectivity index (χ4n) is 3.18. The molecule has 0 aliphatic carbocycles. The van der Waals surface area contributed by atoms with E-state index >= 15 is 0 Å². The average Bonchev–Trinajstić information content (AvgIpc) is 3.21. The molecule has 6 heteroatoms. The Morgan fingerprint density at radius 3 is 2.92 bits per heavy atom. The van der Waals surface area contributed by atoms with Crippen LogP contribution in [0.3, 0.4) is 0 Å². The summed E-state index contributed by atoms with van der Waals surface area (Å²) in [6.45, 7) is 0.652. The number of benzene rings is 2. The largest absolute Gasteiger partial charge is 0.454 e. The van der Waals surface area contributed by atoms with Crippen LogP contribution in [0.2, 0.25) is 0 Å². The topological polar surface area (TPSA) is 76.7 Å². The molecule has 4 rings (SSSR count). The van der Waals surface area contributed by atoms with Crippen molar-refractivity contribution in [2.45, 2.75) is 25.3 Å². The highest BCUT2D eigenvalue weighted by Gasteiger charge is 2.30. The molecule has 1 atom stereocenters. The maximum Gasteiger partial charge on any atom is 0.232 e. The molecular weight excluding hydrogens is 320 g/mol. The van der Waals surface area contributed by atoms with Crippen molar-refractivity contribution in [3.8, 4) is 11.5 Å². The standard InChI is InChI=1S/C19H18N2O4/c22-18(20-10-12-5-7-16-17(9-12)25-11-24-16)8-6-14-13-3-1-2-4-15(13)21-19(14)23/h1-5,7,9,14H,6,8,10-11H2,(H,20,22)(H,21,23). The number of nitrogens with one attached hydrogen (secondary N) is 2. The third-order valence-corrected chi connectivity index (χ3v) is 4.50. The van der Waals surface area contributed by atoms with Crippen LogP contribution in [-0.4, -0.2) is 18.6 Å². The van der Waals surface area contributed by atoms with Crippen molar-refractivity contribution in [2.75, 3.05) is 12.1 Å². The first-order valence-corrected chi connectivity index (χ1v) is 8.26. The zero-order valence-electron chi connectivity index (χ0n) is 13.6. The number of carbonyl (C=O) groups is 2. The van der Waals surface area contributed by atoms with E-state index in [1.165, 1.54) is 0 Å². The molecule has 2 aromatic carbocycles. The normalized spacial score (nSPS) is 17.1. The number of ether oxygens (including phenoxy) is 2. The van der Waals surface area contributed by atoms with Crippen molar-refractivity contribution in [3.05, 3.63) is 53.6 Å². The number of hydrogen-bond donors (Lipinski definition) is 2. The molecule has 0 fully saturated rings. The smallest absolute Gasteiger partial charge is 0.232 e. The number of para-hydroxylation sites is 1. The van der Waals surface area contributed by atoms with Crippen LogP contribution >= 0.6 is 0 Å². The molecule has 2 N–H and O–H groups in total. The van der Waals surface area contributed by atoms with Crippen LogP contribution in [-0.2, 0) is 16.1 Å². The lowest BCUT2D eigenvalue weighted by Crippen LogP contribution is -2.24. The first-order chi connectivity index (χ1) is 12.2. The molecule has 2 amide bonds. The average molecular weight is 338 g/mol. The van der Waals surface area contributed by atoms with Crippen molar-refractivity contribution in [1.29, 1.82) is 0 Å². The first-order valence-electron chi connectivity index (χ1n) is 8.26. The van der Waals surface area contributed by atoms with Crippen LogP contribution in [0.4, 0.5) is 5.69 Å². The molecule has 0 aromatic heterocycles. The van der Waals surface area contributed by atoms with Gasteiger partial charge in [0.05, 0.1) is 5.92 Å². The Hall–Kier alpha value is -3.02. The summed E-state index contributed by atoms with van der Waals surface area (Å²) in [5, 5.41) is 5.74. The van der Waals surface area contributed by atoms with Gasteiger partial charge in [0, 0.05) is 18.7 Å². The van der Waals surface area contributed by atoms with E-state index in [9.17, 15) is 9.59 Å². The third kappa shape index (κ3) is 3.15. The van der Waals surface area contributed by atoms with Gasteiger partial charge < -0.3 is 20.1 Å². The molecular formula is C19H18N2O4. The van der Waals surface area contributed by atoms with Crippen molar-refractivity contribution in [1.82, 2.24) is 5.32 Å². The van der Waals surface area contributed by atoms with Crippen LogP contribution in [0.25, 0.3) is 0 Å². The van der Waals surface area contributed by atoms with Crippen molar-refractivity contribution < 1.29 is 19.1 Å². The highest BCUT2D eigenvalue weighted by Crippen LogP contribution is 2.35. The van der Waals surface area contributed by atoms with Crippen LogP contribution in [0.15, 0.2) is 42.5 Å². The van der Waals surface area contributed by atoms with Gasteiger partial charge in [-0.2, -0.15) is 0 Å². The number of anilines is 1. The number of carbonyl (C=O) groups excluding carboxylic acids is 2. The van der Waals surface area contributed by atoms with E-state index in [0.29, 0.717) is 25.1 Å². The SMILES string of the molecule is O=C(CCC1C(=O)Nc2ccccc21)NCc1ccc2c(c1)OCO2. The predicted molar refractivity (Wildman–Crippen MR) is 91.5 cm³/mol. The summed E-state index contributed by atoms with van der Waals surface area (Å²) < 4.78 is 10.6. The molecule has 2 heterocycles. The van der Waals surface area contributed by atoms with Gasteiger partial charge >= 0.3 is 0 Å². The fraction of sp³-hybridized carbons (Fsp3) is 0.263. The molecule has 2 aliphatic heterocycles. The minimum absolute atomic E-state index is 0.0372. The summed E-state index contributed by atoms with van der Waals surface area (Å²) in [7, 11) is 0. The summed E-state index contributed by atoms with van der Waals surface area (Å²) in [6, 6.07) is 13.2. The van der Waals surface area contributed by atoms with Gasteiger partial charge in [0.1, 0.15) is 0 Å². The second-order valence-electron chi connectivity index (χ2n) is 6.13. The maximum atomic E-state index is 12.1. The van der Waals surface area contributed by atoms with E-state index in [4.69, 9.17) is 9.47 Å². The molecule has 0 saturated carbocycles. The zero-order chi connectivity index (χ0) is 17.2. The monoisotopic (exact) mass is 338 g/mol. The van der Waals surface area contributed by atoms with Crippen LogP contribution in [0, 0.1) is 0 Å². The number of amides is 2. The lowest BCUT2D eigenvalue weighted by molar-refractivity contribution is -0.121. The Morgan fingerprint density at radius 1 is 1.16 bits per heavy atom. The number of hydrogen-bond acceptors (Lipinski definition) is 4. The van der Waals surface area contributed by atoms with E-state index in [0.717, 1.165) is 22.6 Å². The number of fused-ring (bicyclic) bond motifs is 2. The summed E-state index contributed by atoms with van der Waals surface area (Å²) in [6.07, 6.45) is 0.798. The van der Waals surface area contributed by atoms with E-state index in [2.05, 4.69) is 10.6 Å². The minimum Gasteiger partial charge on any atom is -0.454 e. The Labute approximate surface area is 145 Å². The second-order valence-corrected chi connectivity index (χ2v) is 6.13. The predicted octanol–water partition coefficient (Wildman–Crippen LogP) is 2.55.